The van der Waals surface area contributed by atoms with Crippen molar-refractivity contribution in [2.45, 2.75) is 26.9 Å². The van der Waals surface area contributed by atoms with E-state index in [0.717, 1.165) is 22.3 Å². The molecular formula is C23H23N5O2S. The lowest BCUT2D eigenvalue weighted by atomic mass is 10.2. The second kappa shape index (κ2) is 9.09. The molecule has 8 heteroatoms. The van der Waals surface area contributed by atoms with Crippen LogP contribution in [0.3, 0.4) is 0 Å². The van der Waals surface area contributed by atoms with Gasteiger partial charge in [-0.2, -0.15) is 11.3 Å². The van der Waals surface area contributed by atoms with Crippen LogP contribution in [0.1, 0.15) is 19.4 Å². The number of thiophene rings is 1. The Labute approximate surface area is 184 Å². The number of hydrogen-bond acceptors (Lipinski definition) is 5. The number of nitrogens with zero attached hydrogens (tertiary/aromatic N) is 4. The van der Waals surface area contributed by atoms with Crippen molar-refractivity contribution in [1.29, 1.82) is 0 Å². The molecule has 0 atom stereocenters. The minimum atomic E-state index is -0.103. The maximum atomic E-state index is 13.3. The molecule has 0 saturated carbocycles. The summed E-state index contributed by atoms with van der Waals surface area (Å²) in [6, 6.07) is 16.9. The van der Waals surface area contributed by atoms with Gasteiger partial charge in [0.2, 0.25) is 11.8 Å². The molecule has 0 unspecified atom stereocenters. The Morgan fingerprint density at radius 1 is 1.10 bits per heavy atom. The van der Waals surface area contributed by atoms with E-state index in [1.807, 2.05) is 79.2 Å². The Kier molecular flexibility index (Phi) is 6.08. The molecule has 2 aromatic heterocycles. The fourth-order valence-corrected chi connectivity index (χ4v) is 3.81. The van der Waals surface area contributed by atoms with Gasteiger partial charge in [-0.25, -0.2) is 4.68 Å². The second-order valence-corrected chi connectivity index (χ2v) is 8.32. The van der Waals surface area contributed by atoms with Gasteiger partial charge in [0.05, 0.1) is 12.1 Å². The number of fused-ring (bicyclic) bond motifs is 1. The van der Waals surface area contributed by atoms with Crippen molar-refractivity contribution in [3.8, 4) is 0 Å². The van der Waals surface area contributed by atoms with Crippen molar-refractivity contribution in [3.05, 3.63) is 70.9 Å². The molecular weight excluding hydrogens is 410 g/mol. The molecule has 2 amide bonds. The molecule has 0 spiro atoms. The van der Waals surface area contributed by atoms with Crippen LogP contribution in [0, 0.1) is 5.92 Å². The molecule has 0 radical (unpaired) electrons. The highest BCUT2D eigenvalue weighted by molar-refractivity contribution is 7.07. The van der Waals surface area contributed by atoms with Crippen LogP contribution in [0.15, 0.2) is 65.4 Å². The number of hydrogen-bond donors (Lipinski definition) is 1. The fourth-order valence-electron chi connectivity index (χ4n) is 3.15. The summed E-state index contributed by atoms with van der Waals surface area (Å²) in [5.74, 6) is -0.244. The maximum Gasteiger partial charge on any atom is 0.249 e. The molecule has 0 aliphatic carbocycles. The lowest BCUT2D eigenvalue weighted by molar-refractivity contribution is -0.120. The minimum Gasteiger partial charge on any atom is -0.326 e. The summed E-state index contributed by atoms with van der Waals surface area (Å²) in [5, 5.41) is 15.2. The van der Waals surface area contributed by atoms with Crippen LogP contribution in [0.2, 0.25) is 0 Å². The van der Waals surface area contributed by atoms with Gasteiger partial charge in [0.25, 0.3) is 0 Å². The van der Waals surface area contributed by atoms with Gasteiger partial charge in [0.1, 0.15) is 12.1 Å². The molecule has 0 aliphatic rings. The van der Waals surface area contributed by atoms with E-state index in [2.05, 4.69) is 15.6 Å². The van der Waals surface area contributed by atoms with Crippen LogP contribution in [0.4, 0.5) is 11.4 Å². The minimum absolute atomic E-state index is 0.0444. The first kappa shape index (κ1) is 20.7. The monoisotopic (exact) mass is 433 g/mol. The van der Waals surface area contributed by atoms with Gasteiger partial charge in [-0.3, -0.25) is 9.59 Å². The van der Waals surface area contributed by atoms with E-state index in [0.29, 0.717) is 12.2 Å². The van der Waals surface area contributed by atoms with Crippen LogP contribution in [0.25, 0.3) is 11.0 Å². The van der Waals surface area contributed by atoms with Crippen molar-refractivity contribution in [2.24, 2.45) is 5.92 Å². The van der Waals surface area contributed by atoms with Gasteiger partial charge in [0, 0.05) is 17.3 Å². The normalized spacial score (nSPS) is 11.1. The van der Waals surface area contributed by atoms with E-state index < -0.39 is 0 Å². The zero-order chi connectivity index (χ0) is 21.8. The molecule has 158 valence electrons. The number of benzene rings is 2. The van der Waals surface area contributed by atoms with Gasteiger partial charge in [-0.15, -0.1) is 5.10 Å². The summed E-state index contributed by atoms with van der Waals surface area (Å²) in [7, 11) is 0. The molecule has 2 heterocycles. The predicted molar refractivity (Wildman–Crippen MR) is 123 cm³/mol. The van der Waals surface area contributed by atoms with Crippen molar-refractivity contribution in [3.63, 3.8) is 0 Å². The zero-order valence-electron chi connectivity index (χ0n) is 17.4. The SMILES string of the molecule is CC(C)C(=O)Nc1ccc(N(Cc2ccsc2)C(=O)Cn2nnc3ccccc32)cc1. The number of nitrogens with one attached hydrogen (secondary N) is 1. The first-order valence-corrected chi connectivity index (χ1v) is 11.0. The summed E-state index contributed by atoms with van der Waals surface area (Å²) in [4.78, 5) is 27.0. The van der Waals surface area contributed by atoms with Gasteiger partial charge < -0.3 is 10.2 Å². The molecule has 0 fully saturated rings. The smallest absolute Gasteiger partial charge is 0.249 e. The summed E-state index contributed by atoms with van der Waals surface area (Å²) >= 11 is 1.59. The number of aromatic nitrogens is 3. The van der Waals surface area contributed by atoms with Gasteiger partial charge in [-0.05, 0) is 58.8 Å². The lowest BCUT2D eigenvalue weighted by Crippen LogP contribution is -2.33. The number of carbonyl (C=O) groups excluding carboxylic acids is 2. The molecule has 2 aromatic carbocycles. The van der Waals surface area contributed by atoms with E-state index in [-0.39, 0.29) is 24.3 Å². The lowest BCUT2D eigenvalue weighted by Gasteiger charge is -2.23. The van der Waals surface area contributed by atoms with Crippen molar-refractivity contribution >= 4 is 45.6 Å². The summed E-state index contributed by atoms with van der Waals surface area (Å²) in [6.45, 7) is 4.22. The zero-order valence-corrected chi connectivity index (χ0v) is 18.2. The second-order valence-electron chi connectivity index (χ2n) is 7.54. The largest absolute Gasteiger partial charge is 0.326 e. The Bertz CT molecular complexity index is 1180. The molecule has 31 heavy (non-hydrogen) atoms. The summed E-state index contributed by atoms with van der Waals surface area (Å²) in [5.41, 5.74) is 4.08. The van der Waals surface area contributed by atoms with Crippen LogP contribution in [0.5, 0.6) is 0 Å². The molecule has 0 saturated heterocycles. The molecule has 4 aromatic rings. The van der Waals surface area contributed by atoms with Crippen molar-refractivity contribution < 1.29 is 9.59 Å². The highest BCUT2D eigenvalue weighted by Gasteiger charge is 2.19. The Morgan fingerprint density at radius 2 is 1.87 bits per heavy atom. The molecule has 7 nitrogen and oxygen atoms in total. The maximum absolute atomic E-state index is 13.3. The van der Waals surface area contributed by atoms with E-state index in [4.69, 9.17) is 0 Å². The molecule has 0 aliphatic heterocycles. The average Bonchev–Trinajstić information content (AvgIpc) is 3.43. The number of carbonyl (C=O) groups is 2. The molecule has 4 rings (SSSR count). The van der Waals surface area contributed by atoms with Crippen LogP contribution >= 0.6 is 11.3 Å². The third kappa shape index (κ3) is 4.80. The van der Waals surface area contributed by atoms with Crippen molar-refractivity contribution in [1.82, 2.24) is 15.0 Å². The van der Waals surface area contributed by atoms with E-state index >= 15 is 0 Å². The number of anilines is 2. The number of rotatable bonds is 7. The highest BCUT2D eigenvalue weighted by atomic mass is 32.1. The fraction of sp³-hybridized carbons (Fsp3) is 0.217. The molecule has 1 N–H and O–H groups in total. The third-order valence-corrected chi connectivity index (χ3v) is 5.63. The first-order chi connectivity index (χ1) is 15.0. The first-order valence-electron chi connectivity index (χ1n) is 10.0. The molecule has 0 bridgehead atoms. The quantitative estimate of drug-likeness (QED) is 0.471. The van der Waals surface area contributed by atoms with E-state index in [1.54, 1.807) is 20.9 Å². The summed E-state index contributed by atoms with van der Waals surface area (Å²) in [6.07, 6.45) is 0. The third-order valence-electron chi connectivity index (χ3n) is 4.90. The van der Waals surface area contributed by atoms with Crippen LogP contribution < -0.4 is 10.2 Å². The van der Waals surface area contributed by atoms with Gasteiger partial charge in [0.15, 0.2) is 0 Å². The predicted octanol–water partition coefficient (Wildman–Crippen LogP) is 4.32. The average molecular weight is 434 g/mol. The van der Waals surface area contributed by atoms with E-state index in [1.165, 1.54) is 0 Å². The van der Waals surface area contributed by atoms with E-state index in [9.17, 15) is 9.59 Å². The van der Waals surface area contributed by atoms with Crippen LogP contribution in [-0.2, 0) is 22.7 Å². The highest BCUT2D eigenvalue weighted by Crippen LogP contribution is 2.22. The summed E-state index contributed by atoms with van der Waals surface area (Å²) < 4.78 is 1.62. The number of amides is 2. The van der Waals surface area contributed by atoms with Gasteiger partial charge >= 0.3 is 0 Å². The number of para-hydroxylation sites is 1. The Balaban J connectivity index is 1.58. The topological polar surface area (TPSA) is 80.1 Å². The Hall–Kier alpha value is -3.52. The van der Waals surface area contributed by atoms with Gasteiger partial charge in [-0.1, -0.05) is 31.2 Å². The van der Waals surface area contributed by atoms with Crippen molar-refractivity contribution in [2.75, 3.05) is 10.2 Å². The van der Waals surface area contributed by atoms with Crippen LogP contribution in [-0.4, -0.2) is 26.8 Å². The standard InChI is InChI=1S/C23H23N5O2S/c1-16(2)23(30)24-18-7-9-19(10-8-18)27(13-17-11-12-31-15-17)22(29)14-28-21-6-4-3-5-20(21)25-26-28/h3-12,15-16H,13-14H2,1-2H3,(H,24,30). The Morgan fingerprint density at radius 3 is 2.58 bits per heavy atom.